The van der Waals surface area contributed by atoms with Crippen molar-refractivity contribution in [3.05, 3.63) is 22.0 Å². The molecule has 2 aromatic rings. The van der Waals surface area contributed by atoms with Gasteiger partial charge < -0.3 is 5.73 Å². The molecular formula is C9H8BrNS2. The first kappa shape index (κ1) is 9.37. The van der Waals surface area contributed by atoms with E-state index in [1.807, 2.05) is 12.1 Å². The van der Waals surface area contributed by atoms with Gasteiger partial charge in [-0.2, -0.15) is 0 Å². The number of fused-ring (bicyclic) bond motifs is 1. The summed E-state index contributed by atoms with van der Waals surface area (Å²) < 4.78 is 2.42. The maximum atomic E-state index is 5.92. The van der Waals surface area contributed by atoms with Gasteiger partial charge in [-0.15, -0.1) is 23.1 Å². The molecule has 0 saturated carbocycles. The second kappa shape index (κ2) is 3.52. The summed E-state index contributed by atoms with van der Waals surface area (Å²) >= 11 is 7.01. The lowest BCUT2D eigenvalue weighted by Crippen LogP contribution is -1.84. The third-order valence-electron chi connectivity index (χ3n) is 1.87. The van der Waals surface area contributed by atoms with Crippen molar-refractivity contribution in [3.8, 4) is 0 Å². The monoisotopic (exact) mass is 273 g/mol. The summed E-state index contributed by atoms with van der Waals surface area (Å²) in [5.74, 6) is 0. The van der Waals surface area contributed by atoms with Crippen molar-refractivity contribution in [2.24, 2.45) is 0 Å². The molecule has 0 aliphatic heterocycles. The zero-order valence-electron chi connectivity index (χ0n) is 7.00. The Labute approximate surface area is 93.4 Å². The number of hydrogen-bond donors (Lipinski definition) is 1. The Kier molecular flexibility index (Phi) is 2.53. The Hall–Kier alpha value is -0.190. The summed E-state index contributed by atoms with van der Waals surface area (Å²) in [5, 5.41) is 1.19. The minimum absolute atomic E-state index is 0.865. The van der Waals surface area contributed by atoms with E-state index >= 15 is 0 Å². The lowest BCUT2D eigenvalue weighted by molar-refractivity contribution is 1.61. The van der Waals surface area contributed by atoms with Crippen LogP contribution in [-0.2, 0) is 0 Å². The van der Waals surface area contributed by atoms with Crippen molar-refractivity contribution in [3.63, 3.8) is 0 Å². The van der Waals surface area contributed by atoms with Gasteiger partial charge in [0.1, 0.15) is 0 Å². The molecule has 0 aliphatic rings. The van der Waals surface area contributed by atoms with Crippen LogP contribution in [0.15, 0.2) is 26.9 Å². The van der Waals surface area contributed by atoms with Crippen molar-refractivity contribution >= 4 is 54.8 Å². The first-order chi connectivity index (χ1) is 6.24. The van der Waals surface area contributed by atoms with Crippen LogP contribution in [0.1, 0.15) is 0 Å². The maximum absolute atomic E-state index is 5.92. The lowest BCUT2D eigenvalue weighted by atomic mass is 10.2. The van der Waals surface area contributed by atoms with Crippen LogP contribution in [0, 0.1) is 0 Å². The summed E-state index contributed by atoms with van der Waals surface area (Å²) in [5.41, 5.74) is 6.78. The third-order valence-corrected chi connectivity index (χ3v) is 4.90. The molecule has 1 heterocycles. The van der Waals surface area contributed by atoms with E-state index in [9.17, 15) is 0 Å². The van der Waals surface area contributed by atoms with Gasteiger partial charge in [0, 0.05) is 20.7 Å². The Morgan fingerprint density at radius 2 is 2.23 bits per heavy atom. The van der Waals surface area contributed by atoms with E-state index in [2.05, 4.69) is 28.3 Å². The van der Waals surface area contributed by atoms with E-state index in [1.165, 1.54) is 18.8 Å². The number of rotatable bonds is 1. The highest BCUT2D eigenvalue weighted by Crippen LogP contribution is 2.43. The number of benzene rings is 1. The van der Waals surface area contributed by atoms with Gasteiger partial charge in [0.25, 0.3) is 0 Å². The third kappa shape index (κ3) is 1.47. The van der Waals surface area contributed by atoms with Crippen LogP contribution < -0.4 is 5.73 Å². The van der Waals surface area contributed by atoms with Crippen molar-refractivity contribution in [2.75, 3.05) is 12.0 Å². The predicted molar refractivity (Wildman–Crippen MR) is 65.7 cm³/mol. The normalized spacial score (nSPS) is 10.9. The second-order valence-electron chi connectivity index (χ2n) is 2.63. The van der Waals surface area contributed by atoms with E-state index < -0.39 is 0 Å². The average Bonchev–Trinajstić information content (AvgIpc) is 2.42. The van der Waals surface area contributed by atoms with E-state index in [0.717, 1.165) is 5.69 Å². The van der Waals surface area contributed by atoms with Gasteiger partial charge in [0.05, 0.1) is 3.79 Å². The Morgan fingerprint density at radius 1 is 1.46 bits per heavy atom. The lowest BCUT2D eigenvalue weighted by Gasteiger charge is -1.98. The van der Waals surface area contributed by atoms with Crippen LogP contribution in [0.2, 0.25) is 0 Å². The topological polar surface area (TPSA) is 26.0 Å². The molecular weight excluding hydrogens is 266 g/mol. The zero-order chi connectivity index (χ0) is 9.42. The van der Waals surface area contributed by atoms with Crippen LogP contribution in [-0.4, -0.2) is 6.26 Å². The smallest absolute Gasteiger partial charge is 0.0847 e. The van der Waals surface area contributed by atoms with Gasteiger partial charge in [0.15, 0.2) is 0 Å². The average molecular weight is 274 g/mol. The highest BCUT2D eigenvalue weighted by atomic mass is 79.9. The molecule has 1 aromatic heterocycles. The molecule has 2 N–H and O–H groups in total. The van der Waals surface area contributed by atoms with Crippen molar-refractivity contribution in [1.29, 1.82) is 0 Å². The molecule has 1 aromatic carbocycles. The highest BCUT2D eigenvalue weighted by molar-refractivity contribution is 9.11. The molecule has 13 heavy (non-hydrogen) atoms. The fraction of sp³-hybridized carbons (Fsp3) is 0.111. The van der Waals surface area contributed by atoms with Gasteiger partial charge in [-0.1, -0.05) is 6.07 Å². The molecule has 0 saturated heterocycles. The molecule has 0 radical (unpaired) electrons. The number of halogens is 1. The molecule has 0 amide bonds. The van der Waals surface area contributed by atoms with E-state index in [1.54, 1.807) is 23.1 Å². The summed E-state index contributed by atoms with van der Waals surface area (Å²) in [6.07, 6.45) is 2.07. The molecule has 68 valence electrons. The molecule has 0 spiro atoms. The van der Waals surface area contributed by atoms with Crippen molar-refractivity contribution in [1.82, 2.24) is 0 Å². The van der Waals surface area contributed by atoms with Gasteiger partial charge in [-0.25, -0.2) is 0 Å². The SMILES string of the molecule is CSc1c(Br)sc2cccc(N)c12. The van der Waals surface area contributed by atoms with Crippen molar-refractivity contribution < 1.29 is 0 Å². The second-order valence-corrected chi connectivity index (χ2v) is 5.82. The summed E-state index contributed by atoms with van der Waals surface area (Å²) in [4.78, 5) is 1.25. The first-order valence-electron chi connectivity index (χ1n) is 3.74. The molecule has 0 fully saturated rings. The fourth-order valence-corrected chi connectivity index (χ4v) is 4.40. The minimum Gasteiger partial charge on any atom is -0.398 e. The van der Waals surface area contributed by atoms with Crippen molar-refractivity contribution in [2.45, 2.75) is 4.90 Å². The number of anilines is 1. The van der Waals surface area contributed by atoms with E-state index in [4.69, 9.17) is 5.73 Å². The molecule has 2 rings (SSSR count). The predicted octanol–water partition coefficient (Wildman–Crippen LogP) is 3.97. The Balaban J connectivity index is 2.88. The molecule has 4 heteroatoms. The van der Waals surface area contributed by atoms with Crippen LogP contribution in [0.3, 0.4) is 0 Å². The molecule has 0 aliphatic carbocycles. The fourth-order valence-electron chi connectivity index (χ4n) is 1.30. The maximum Gasteiger partial charge on any atom is 0.0847 e. The Morgan fingerprint density at radius 3 is 2.92 bits per heavy atom. The van der Waals surface area contributed by atoms with Crippen LogP contribution in [0.4, 0.5) is 5.69 Å². The van der Waals surface area contributed by atoms with E-state index in [-0.39, 0.29) is 0 Å². The number of hydrogen-bond acceptors (Lipinski definition) is 3. The standard InChI is InChI=1S/C9H8BrNS2/c1-12-8-7-5(11)3-2-4-6(7)13-9(8)10/h2-4H,11H2,1H3. The van der Waals surface area contributed by atoms with E-state index in [0.29, 0.717) is 0 Å². The summed E-state index contributed by atoms with van der Waals surface area (Å²) in [7, 11) is 0. The molecule has 0 atom stereocenters. The molecule has 0 bridgehead atoms. The first-order valence-corrected chi connectivity index (χ1v) is 6.58. The van der Waals surface area contributed by atoms with Gasteiger partial charge in [-0.05, 0) is 34.3 Å². The van der Waals surface area contributed by atoms with Crippen LogP contribution in [0.5, 0.6) is 0 Å². The summed E-state index contributed by atoms with van der Waals surface area (Å²) in [6.45, 7) is 0. The number of nitrogens with two attached hydrogens (primary N) is 1. The number of nitrogen functional groups attached to an aromatic ring is 1. The molecule has 1 nitrogen and oxygen atoms in total. The zero-order valence-corrected chi connectivity index (χ0v) is 10.2. The largest absolute Gasteiger partial charge is 0.398 e. The highest BCUT2D eigenvalue weighted by Gasteiger charge is 2.10. The van der Waals surface area contributed by atoms with Gasteiger partial charge >= 0.3 is 0 Å². The molecule has 0 unspecified atom stereocenters. The van der Waals surface area contributed by atoms with Gasteiger partial charge in [-0.3, -0.25) is 0 Å². The summed E-state index contributed by atoms with van der Waals surface area (Å²) in [6, 6.07) is 6.03. The number of thiophene rings is 1. The minimum atomic E-state index is 0.865. The Bertz CT molecular complexity index is 450. The number of thioether (sulfide) groups is 1. The van der Waals surface area contributed by atoms with Crippen LogP contribution in [0.25, 0.3) is 10.1 Å². The van der Waals surface area contributed by atoms with Crippen LogP contribution >= 0.6 is 39.0 Å². The van der Waals surface area contributed by atoms with Gasteiger partial charge in [0.2, 0.25) is 0 Å². The quantitative estimate of drug-likeness (QED) is 0.629.